The molecule has 0 saturated carbocycles. The fourth-order valence-corrected chi connectivity index (χ4v) is 1.50. The molecule has 2 unspecified atom stereocenters. The van der Waals surface area contributed by atoms with Gasteiger partial charge >= 0.3 is 6.03 Å². The summed E-state index contributed by atoms with van der Waals surface area (Å²) in [6.07, 6.45) is -0.798. The number of primary amides is 1. The van der Waals surface area contributed by atoms with Crippen molar-refractivity contribution >= 4 is 11.9 Å². The van der Waals surface area contributed by atoms with Gasteiger partial charge in [-0.1, -0.05) is 12.1 Å². The van der Waals surface area contributed by atoms with Gasteiger partial charge < -0.3 is 15.8 Å². The maximum atomic E-state index is 11.5. The SMILES string of the molecule is CNC(C)c1cccc(OC(C)C(=O)NC(N)=O)c1. The highest BCUT2D eigenvalue weighted by molar-refractivity contribution is 5.95. The molecule has 0 bridgehead atoms. The molecule has 0 aliphatic rings. The van der Waals surface area contributed by atoms with Gasteiger partial charge in [-0.25, -0.2) is 4.79 Å². The minimum Gasteiger partial charge on any atom is -0.481 e. The average Bonchev–Trinajstić information content (AvgIpc) is 2.37. The second-order valence-electron chi connectivity index (χ2n) is 4.20. The van der Waals surface area contributed by atoms with Crippen LogP contribution >= 0.6 is 0 Å². The van der Waals surface area contributed by atoms with Gasteiger partial charge in [0.15, 0.2) is 6.10 Å². The minimum absolute atomic E-state index is 0.179. The zero-order valence-corrected chi connectivity index (χ0v) is 11.3. The number of urea groups is 1. The minimum atomic E-state index is -0.891. The normalized spacial score (nSPS) is 13.4. The Balaban J connectivity index is 2.71. The van der Waals surface area contributed by atoms with E-state index in [2.05, 4.69) is 5.32 Å². The summed E-state index contributed by atoms with van der Waals surface area (Å²) in [5.41, 5.74) is 5.92. The molecular weight excluding hydrogens is 246 g/mol. The van der Waals surface area contributed by atoms with Gasteiger partial charge in [0, 0.05) is 6.04 Å². The molecular formula is C13H19N3O3. The first-order valence-corrected chi connectivity index (χ1v) is 5.98. The Hall–Kier alpha value is -2.08. The largest absolute Gasteiger partial charge is 0.481 e. The van der Waals surface area contributed by atoms with Crippen molar-refractivity contribution in [1.29, 1.82) is 0 Å². The first kappa shape index (κ1) is 15.0. The van der Waals surface area contributed by atoms with E-state index >= 15 is 0 Å². The van der Waals surface area contributed by atoms with Crippen LogP contribution in [-0.4, -0.2) is 25.1 Å². The first-order valence-electron chi connectivity index (χ1n) is 5.98. The highest BCUT2D eigenvalue weighted by Gasteiger charge is 2.16. The maximum Gasteiger partial charge on any atom is 0.318 e. The Bertz CT molecular complexity index is 462. The molecule has 0 fully saturated rings. The second-order valence-corrected chi connectivity index (χ2v) is 4.20. The van der Waals surface area contributed by atoms with E-state index in [9.17, 15) is 9.59 Å². The monoisotopic (exact) mass is 265 g/mol. The summed E-state index contributed by atoms with van der Waals surface area (Å²) in [7, 11) is 1.86. The zero-order chi connectivity index (χ0) is 14.4. The van der Waals surface area contributed by atoms with E-state index < -0.39 is 18.0 Å². The summed E-state index contributed by atoms with van der Waals surface area (Å²) in [4.78, 5) is 22.1. The molecule has 0 spiro atoms. The highest BCUT2D eigenvalue weighted by Crippen LogP contribution is 2.19. The van der Waals surface area contributed by atoms with E-state index in [1.54, 1.807) is 13.0 Å². The van der Waals surface area contributed by atoms with Gasteiger partial charge in [-0.15, -0.1) is 0 Å². The van der Waals surface area contributed by atoms with Crippen molar-refractivity contribution in [2.24, 2.45) is 5.73 Å². The van der Waals surface area contributed by atoms with E-state index in [0.717, 1.165) is 5.56 Å². The number of amides is 3. The molecule has 0 radical (unpaired) electrons. The number of nitrogens with two attached hydrogens (primary N) is 1. The summed E-state index contributed by atoms with van der Waals surface area (Å²) in [5, 5.41) is 5.09. The number of ether oxygens (including phenoxy) is 1. The van der Waals surface area contributed by atoms with E-state index in [4.69, 9.17) is 10.5 Å². The predicted octanol–water partition coefficient (Wildman–Crippen LogP) is 0.929. The van der Waals surface area contributed by atoms with Crippen LogP contribution in [0.1, 0.15) is 25.5 Å². The van der Waals surface area contributed by atoms with Crippen LogP contribution in [0.2, 0.25) is 0 Å². The average molecular weight is 265 g/mol. The third kappa shape index (κ3) is 4.59. The smallest absolute Gasteiger partial charge is 0.318 e. The number of imide groups is 1. The molecule has 104 valence electrons. The van der Waals surface area contributed by atoms with Gasteiger partial charge in [0.25, 0.3) is 5.91 Å². The number of carbonyl (C=O) groups is 2. The molecule has 6 nitrogen and oxygen atoms in total. The van der Waals surface area contributed by atoms with E-state index in [-0.39, 0.29) is 6.04 Å². The Kier molecular flexibility index (Phi) is 5.32. The lowest BCUT2D eigenvalue weighted by Crippen LogP contribution is -2.42. The molecule has 1 aromatic rings. The van der Waals surface area contributed by atoms with Crippen LogP contribution in [0.3, 0.4) is 0 Å². The molecule has 0 aliphatic carbocycles. The van der Waals surface area contributed by atoms with Crippen molar-refractivity contribution < 1.29 is 14.3 Å². The van der Waals surface area contributed by atoms with Gasteiger partial charge in [0.2, 0.25) is 0 Å². The Labute approximate surface area is 112 Å². The van der Waals surface area contributed by atoms with Crippen molar-refractivity contribution in [2.45, 2.75) is 26.0 Å². The van der Waals surface area contributed by atoms with Crippen LogP contribution in [0, 0.1) is 0 Å². The lowest BCUT2D eigenvalue weighted by atomic mass is 10.1. The highest BCUT2D eigenvalue weighted by atomic mass is 16.5. The fourth-order valence-electron chi connectivity index (χ4n) is 1.50. The standard InChI is InChI=1S/C13H19N3O3/c1-8(15-3)10-5-4-6-11(7-10)19-9(2)12(17)16-13(14)18/h4-9,15H,1-3H3,(H3,14,16,17,18). The van der Waals surface area contributed by atoms with Gasteiger partial charge in [-0.2, -0.15) is 0 Å². The number of hydrogen-bond acceptors (Lipinski definition) is 4. The van der Waals surface area contributed by atoms with Gasteiger partial charge in [-0.3, -0.25) is 10.1 Å². The van der Waals surface area contributed by atoms with Crippen LogP contribution in [0.4, 0.5) is 4.79 Å². The molecule has 1 rings (SSSR count). The molecule has 2 atom stereocenters. The maximum absolute atomic E-state index is 11.5. The Morgan fingerprint density at radius 2 is 2.00 bits per heavy atom. The molecule has 0 heterocycles. The molecule has 4 N–H and O–H groups in total. The first-order chi connectivity index (χ1) is 8.93. The van der Waals surface area contributed by atoms with Gasteiger partial charge in [0.05, 0.1) is 0 Å². The number of carbonyl (C=O) groups excluding carboxylic acids is 2. The van der Waals surface area contributed by atoms with Crippen LogP contribution in [0.25, 0.3) is 0 Å². The molecule has 0 aromatic heterocycles. The van der Waals surface area contributed by atoms with Crippen LogP contribution in [-0.2, 0) is 4.79 Å². The van der Waals surface area contributed by atoms with Crippen LogP contribution < -0.4 is 21.1 Å². The molecule has 3 amide bonds. The lowest BCUT2D eigenvalue weighted by Gasteiger charge is -2.16. The third-order valence-electron chi connectivity index (χ3n) is 2.72. The summed E-state index contributed by atoms with van der Waals surface area (Å²) in [5.74, 6) is -0.00807. The Morgan fingerprint density at radius 1 is 1.32 bits per heavy atom. The fraction of sp³-hybridized carbons (Fsp3) is 0.385. The second kappa shape index (κ2) is 6.75. The number of benzene rings is 1. The summed E-state index contributed by atoms with van der Waals surface area (Å²) in [6.45, 7) is 3.56. The zero-order valence-electron chi connectivity index (χ0n) is 11.3. The van der Waals surface area contributed by atoms with Crippen molar-refractivity contribution in [2.75, 3.05) is 7.05 Å². The van der Waals surface area contributed by atoms with E-state index in [1.165, 1.54) is 0 Å². The quantitative estimate of drug-likeness (QED) is 0.738. The summed E-state index contributed by atoms with van der Waals surface area (Å²) < 4.78 is 5.46. The van der Waals surface area contributed by atoms with Crippen molar-refractivity contribution in [3.05, 3.63) is 29.8 Å². The van der Waals surface area contributed by atoms with Crippen LogP contribution in [0.15, 0.2) is 24.3 Å². The van der Waals surface area contributed by atoms with Crippen molar-refractivity contribution in [3.63, 3.8) is 0 Å². The van der Waals surface area contributed by atoms with E-state index in [0.29, 0.717) is 5.75 Å². The summed E-state index contributed by atoms with van der Waals surface area (Å²) >= 11 is 0. The molecule has 6 heteroatoms. The molecule has 1 aromatic carbocycles. The Morgan fingerprint density at radius 3 is 2.58 bits per heavy atom. The molecule has 19 heavy (non-hydrogen) atoms. The van der Waals surface area contributed by atoms with Crippen molar-refractivity contribution in [3.8, 4) is 5.75 Å². The summed E-state index contributed by atoms with van der Waals surface area (Å²) in [6, 6.07) is 6.69. The number of hydrogen-bond donors (Lipinski definition) is 3. The molecule has 0 saturated heterocycles. The predicted molar refractivity (Wildman–Crippen MR) is 71.7 cm³/mol. The van der Waals surface area contributed by atoms with E-state index in [1.807, 2.05) is 37.5 Å². The van der Waals surface area contributed by atoms with Gasteiger partial charge in [0.1, 0.15) is 5.75 Å². The number of rotatable bonds is 5. The third-order valence-corrected chi connectivity index (χ3v) is 2.72. The lowest BCUT2D eigenvalue weighted by molar-refractivity contribution is -0.126. The molecule has 0 aliphatic heterocycles. The van der Waals surface area contributed by atoms with Crippen molar-refractivity contribution in [1.82, 2.24) is 10.6 Å². The number of nitrogens with one attached hydrogen (secondary N) is 2. The van der Waals surface area contributed by atoms with Gasteiger partial charge in [-0.05, 0) is 38.6 Å². The topological polar surface area (TPSA) is 93.4 Å². The van der Waals surface area contributed by atoms with Crippen LogP contribution in [0.5, 0.6) is 5.75 Å².